The first-order valence-electron chi connectivity index (χ1n) is 7.42. The fraction of sp³-hybridized carbons (Fsp3) is 0.714. The number of piperazine rings is 1. The smallest absolute Gasteiger partial charge is 0.282 e. The third-order valence-electron chi connectivity index (χ3n) is 4.31. The molecule has 116 valence electrons. The summed E-state index contributed by atoms with van der Waals surface area (Å²) in [4.78, 5) is 16.7. The molecular weight excluding hydrogens is 336 g/mol. The van der Waals surface area contributed by atoms with Gasteiger partial charge < -0.3 is 9.64 Å². The van der Waals surface area contributed by atoms with Crippen molar-refractivity contribution in [1.82, 2.24) is 14.7 Å². The second kappa shape index (κ2) is 6.46. The van der Waals surface area contributed by atoms with Gasteiger partial charge in [0, 0.05) is 46.4 Å². The van der Waals surface area contributed by atoms with Crippen LogP contribution in [0.5, 0.6) is 0 Å². The number of aromatic nitrogens is 2. The summed E-state index contributed by atoms with van der Waals surface area (Å²) in [6.07, 6.45) is 2.95. The molecule has 3 rings (SSSR count). The molecule has 1 aromatic rings. The molecule has 0 aromatic carbocycles. The van der Waals surface area contributed by atoms with Crippen LogP contribution in [0.3, 0.4) is 0 Å². The first-order valence-corrected chi connectivity index (χ1v) is 8.21. The highest BCUT2D eigenvalue weighted by Crippen LogP contribution is 2.23. The molecule has 2 aliphatic heterocycles. The van der Waals surface area contributed by atoms with Gasteiger partial charge in [-0.25, -0.2) is 4.68 Å². The Kier molecular flexibility index (Phi) is 4.61. The number of ether oxygens (including phenoxy) is 1. The summed E-state index contributed by atoms with van der Waals surface area (Å²) in [5.74, 6) is 0.689. The molecule has 1 aromatic heterocycles. The van der Waals surface area contributed by atoms with Crippen LogP contribution >= 0.6 is 15.9 Å². The average molecular weight is 357 g/mol. The lowest BCUT2D eigenvalue weighted by Crippen LogP contribution is -2.48. The first-order chi connectivity index (χ1) is 10.1. The Morgan fingerprint density at radius 3 is 2.81 bits per heavy atom. The lowest BCUT2D eigenvalue weighted by molar-refractivity contribution is 0.164. The minimum absolute atomic E-state index is 0.0852. The van der Waals surface area contributed by atoms with Gasteiger partial charge in [-0.05, 0) is 28.3 Å². The highest BCUT2D eigenvalue weighted by atomic mass is 79.9. The van der Waals surface area contributed by atoms with Gasteiger partial charge in [-0.1, -0.05) is 0 Å². The summed E-state index contributed by atoms with van der Waals surface area (Å²) >= 11 is 3.41. The summed E-state index contributed by atoms with van der Waals surface area (Å²) in [6, 6.07) is 0. The van der Waals surface area contributed by atoms with Gasteiger partial charge in [0.1, 0.15) is 4.47 Å². The van der Waals surface area contributed by atoms with Crippen LogP contribution in [0.4, 0.5) is 5.69 Å². The van der Waals surface area contributed by atoms with Gasteiger partial charge in [-0.2, -0.15) is 5.10 Å². The van der Waals surface area contributed by atoms with Gasteiger partial charge in [0.2, 0.25) is 0 Å². The van der Waals surface area contributed by atoms with Gasteiger partial charge in [-0.15, -0.1) is 0 Å². The van der Waals surface area contributed by atoms with Crippen LogP contribution in [0.25, 0.3) is 0 Å². The maximum absolute atomic E-state index is 11.9. The highest BCUT2D eigenvalue weighted by molar-refractivity contribution is 9.10. The van der Waals surface area contributed by atoms with Crippen LogP contribution in [0, 0.1) is 5.92 Å². The molecule has 7 heteroatoms. The largest absolute Gasteiger partial charge is 0.381 e. The molecular formula is C14H21BrN4O2. The molecule has 3 heterocycles. The molecule has 0 amide bonds. The molecule has 2 aliphatic rings. The quantitative estimate of drug-likeness (QED) is 0.797. The summed E-state index contributed by atoms with van der Waals surface area (Å²) in [5.41, 5.74) is 0.819. The zero-order valence-electron chi connectivity index (χ0n) is 12.3. The van der Waals surface area contributed by atoms with Gasteiger partial charge in [-0.3, -0.25) is 9.69 Å². The number of anilines is 1. The molecule has 6 nitrogen and oxygen atoms in total. The maximum Gasteiger partial charge on any atom is 0.282 e. The van der Waals surface area contributed by atoms with Gasteiger partial charge in [0.15, 0.2) is 0 Å². The van der Waals surface area contributed by atoms with Crippen LogP contribution < -0.4 is 10.5 Å². The zero-order chi connectivity index (χ0) is 14.8. The molecule has 2 fully saturated rings. The SMILES string of the molecule is Cn1ncc(N2CCN(CC3CCOC3)CC2)c(Br)c1=O. The van der Waals surface area contributed by atoms with E-state index in [1.54, 1.807) is 13.2 Å². The topological polar surface area (TPSA) is 50.6 Å². The monoisotopic (exact) mass is 356 g/mol. The Hall–Kier alpha value is -0.920. The summed E-state index contributed by atoms with van der Waals surface area (Å²) < 4.78 is 7.40. The van der Waals surface area contributed by atoms with Crippen LogP contribution in [-0.2, 0) is 11.8 Å². The minimum atomic E-state index is -0.0852. The Morgan fingerprint density at radius 1 is 1.38 bits per heavy atom. The van der Waals surface area contributed by atoms with E-state index in [4.69, 9.17) is 4.74 Å². The van der Waals surface area contributed by atoms with Crippen molar-refractivity contribution in [3.05, 3.63) is 21.0 Å². The van der Waals surface area contributed by atoms with Crippen LogP contribution in [0.15, 0.2) is 15.5 Å². The fourth-order valence-electron chi connectivity index (χ4n) is 2.99. The van der Waals surface area contributed by atoms with Gasteiger partial charge in [0.25, 0.3) is 5.56 Å². The molecule has 0 radical (unpaired) electrons. The molecule has 0 bridgehead atoms. The van der Waals surface area contributed by atoms with E-state index in [0.717, 1.165) is 51.6 Å². The van der Waals surface area contributed by atoms with Crippen molar-refractivity contribution < 1.29 is 4.74 Å². The summed E-state index contributed by atoms with van der Waals surface area (Å²) in [5, 5.41) is 4.12. The Bertz CT molecular complexity index is 548. The Balaban J connectivity index is 1.60. The van der Waals surface area contributed by atoms with Gasteiger partial charge >= 0.3 is 0 Å². The van der Waals surface area contributed by atoms with E-state index < -0.39 is 0 Å². The lowest BCUT2D eigenvalue weighted by atomic mass is 10.1. The predicted octanol–water partition coefficient (Wildman–Crippen LogP) is 0.701. The number of hydrogen-bond donors (Lipinski definition) is 0. The van der Waals surface area contributed by atoms with E-state index >= 15 is 0 Å². The van der Waals surface area contributed by atoms with Crippen molar-refractivity contribution in [3.8, 4) is 0 Å². The van der Waals surface area contributed by atoms with Crippen LogP contribution in [0.1, 0.15) is 6.42 Å². The van der Waals surface area contributed by atoms with E-state index in [2.05, 4.69) is 30.8 Å². The van der Waals surface area contributed by atoms with Crippen molar-refractivity contribution in [2.45, 2.75) is 6.42 Å². The molecule has 1 unspecified atom stereocenters. The minimum Gasteiger partial charge on any atom is -0.381 e. The maximum atomic E-state index is 11.9. The van der Waals surface area contributed by atoms with Crippen molar-refractivity contribution in [2.75, 3.05) is 50.8 Å². The Morgan fingerprint density at radius 2 is 2.14 bits per heavy atom. The van der Waals surface area contributed by atoms with E-state index in [1.807, 2.05) is 0 Å². The van der Waals surface area contributed by atoms with Crippen LogP contribution in [0.2, 0.25) is 0 Å². The van der Waals surface area contributed by atoms with E-state index in [9.17, 15) is 4.79 Å². The molecule has 2 saturated heterocycles. The molecule has 0 saturated carbocycles. The third-order valence-corrected chi connectivity index (χ3v) is 5.06. The fourth-order valence-corrected chi connectivity index (χ4v) is 3.60. The van der Waals surface area contributed by atoms with Crippen molar-refractivity contribution in [2.24, 2.45) is 13.0 Å². The predicted molar refractivity (Wildman–Crippen MR) is 84.8 cm³/mol. The normalized spacial score (nSPS) is 23.7. The number of aryl methyl sites for hydroxylation is 1. The molecule has 0 N–H and O–H groups in total. The van der Waals surface area contributed by atoms with E-state index in [-0.39, 0.29) is 5.56 Å². The van der Waals surface area contributed by atoms with E-state index in [1.165, 1.54) is 11.1 Å². The number of halogens is 1. The van der Waals surface area contributed by atoms with Crippen molar-refractivity contribution >= 4 is 21.6 Å². The van der Waals surface area contributed by atoms with Crippen LogP contribution in [-0.4, -0.2) is 60.6 Å². The molecule has 1 atom stereocenters. The molecule has 21 heavy (non-hydrogen) atoms. The average Bonchev–Trinajstić information content (AvgIpc) is 2.99. The first kappa shape index (κ1) is 15.0. The second-order valence-corrected chi connectivity index (χ2v) is 6.58. The second-order valence-electron chi connectivity index (χ2n) is 5.79. The summed E-state index contributed by atoms with van der Waals surface area (Å²) in [6.45, 7) is 6.86. The van der Waals surface area contributed by atoms with Crippen molar-refractivity contribution in [1.29, 1.82) is 0 Å². The zero-order valence-corrected chi connectivity index (χ0v) is 13.9. The Labute approximate surface area is 132 Å². The molecule has 0 aliphatic carbocycles. The number of nitrogens with zero attached hydrogens (tertiary/aromatic N) is 4. The number of hydrogen-bond acceptors (Lipinski definition) is 5. The lowest BCUT2D eigenvalue weighted by Gasteiger charge is -2.37. The number of rotatable bonds is 3. The third kappa shape index (κ3) is 3.30. The molecule has 0 spiro atoms. The van der Waals surface area contributed by atoms with Crippen molar-refractivity contribution in [3.63, 3.8) is 0 Å². The highest BCUT2D eigenvalue weighted by Gasteiger charge is 2.24. The standard InChI is InChI=1S/C14H21BrN4O2/c1-17-14(20)13(15)12(8-16-17)19-5-3-18(4-6-19)9-11-2-7-21-10-11/h8,11H,2-7,9-10H2,1H3. The van der Waals surface area contributed by atoms with Gasteiger partial charge in [0.05, 0.1) is 18.5 Å². The summed E-state index contributed by atoms with van der Waals surface area (Å²) in [7, 11) is 1.67. The van der Waals surface area contributed by atoms with E-state index in [0.29, 0.717) is 10.4 Å².